The Morgan fingerprint density at radius 3 is 1.81 bits per heavy atom. The first kappa shape index (κ1) is 17.2. The highest BCUT2D eigenvalue weighted by atomic mass is 32.2. The van der Waals surface area contributed by atoms with Crippen LogP contribution in [0.5, 0.6) is 0 Å². The van der Waals surface area contributed by atoms with E-state index >= 15 is 0 Å². The lowest BCUT2D eigenvalue weighted by atomic mass is 10.3. The van der Waals surface area contributed by atoms with Crippen LogP contribution in [0.25, 0.3) is 0 Å². The Kier molecular flexibility index (Phi) is 5.55. The fraction of sp³-hybridized carbons (Fsp3) is 0.364. The standard InChI is InChI=1S/C11H16N2O6S2/c1-2-20(16,17)12-9-3-5-10(6-4-9)13-21(18,19)8-7-11(14)15/h3-6,12-13H,2,7-8H2,1H3,(H,14,15). The van der Waals surface area contributed by atoms with Gasteiger partial charge in [-0.05, 0) is 31.2 Å². The predicted octanol–water partition coefficient (Wildman–Crippen LogP) is 0.665. The van der Waals surface area contributed by atoms with Crippen LogP contribution in [0.4, 0.5) is 11.4 Å². The minimum atomic E-state index is -3.75. The van der Waals surface area contributed by atoms with Crippen LogP contribution in [0.1, 0.15) is 13.3 Å². The number of aliphatic carboxylic acids is 1. The van der Waals surface area contributed by atoms with Gasteiger partial charge in [0.15, 0.2) is 0 Å². The highest BCUT2D eigenvalue weighted by Crippen LogP contribution is 2.16. The van der Waals surface area contributed by atoms with Crippen molar-refractivity contribution >= 4 is 37.4 Å². The minimum Gasteiger partial charge on any atom is -0.481 e. The van der Waals surface area contributed by atoms with E-state index in [9.17, 15) is 21.6 Å². The van der Waals surface area contributed by atoms with Gasteiger partial charge in [-0.15, -0.1) is 0 Å². The van der Waals surface area contributed by atoms with E-state index in [-0.39, 0.29) is 11.4 Å². The molecule has 0 aromatic heterocycles. The van der Waals surface area contributed by atoms with Crippen LogP contribution < -0.4 is 9.44 Å². The second kappa shape index (κ2) is 6.76. The van der Waals surface area contributed by atoms with Crippen LogP contribution in [0.3, 0.4) is 0 Å². The van der Waals surface area contributed by atoms with Crippen LogP contribution in [0, 0.1) is 0 Å². The van der Waals surface area contributed by atoms with E-state index in [1.54, 1.807) is 0 Å². The fourth-order valence-electron chi connectivity index (χ4n) is 1.31. The van der Waals surface area contributed by atoms with Crippen molar-refractivity contribution < 1.29 is 26.7 Å². The molecule has 8 nitrogen and oxygen atoms in total. The maximum Gasteiger partial charge on any atom is 0.304 e. The van der Waals surface area contributed by atoms with Gasteiger partial charge in [-0.2, -0.15) is 0 Å². The van der Waals surface area contributed by atoms with E-state index in [0.717, 1.165) is 0 Å². The molecule has 1 aromatic carbocycles. The molecule has 0 spiro atoms. The molecule has 0 saturated heterocycles. The third-order valence-corrected chi connectivity index (χ3v) is 4.99. The Hall–Kier alpha value is -1.81. The van der Waals surface area contributed by atoms with Gasteiger partial charge in [0.05, 0.1) is 17.9 Å². The Morgan fingerprint density at radius 1 is 1.00 bits per heavy atom. The molecule has 0 heterocycles. The number of carbonyl (C=O) groups is 1. The summed E-state index contributed by atoms with van der Waals surface area (Å²) < 4.78 is 50.4. The lowest BCUT2D eigenvalue weighted by Crippen LogP contribution is -2.19. The van der Waals surface area contributed by atoms with E-state index in [1.807, 2.05) is 0 Å². The molecular formula is C11H16N2O6S2. The second-order valence-electron chi connectivity index (χ2n) is 4.15. The molecule has 1 aromatic rings. The Balaban J connectivity index is 2.73. The van der Waals surface area contributed by atoms with Crippen molar-refractivity contribution in [3.63, 3.8) is 0 Å². The van der Waals surface area contributed by atoms with Gasteiger partial charge in [0.25, 0.3) is 0 Å². The fourth-order valence-corrected chi connectivity index (χ4v) is 2.99. The molecular weight excluding hydrogens is 320 g/mol. The summed E-state index contributed by atoms with van der Waals surface area (Å²) in [6, 6.07) is 5.57. The summed E-state index contributed by atoms with van der Waals surface area (Å²) in [6.07, 6.45) is -0.496. The first-order chi connectivity index (χ1) is 9.63. The molecule has 0 aliphatic heterocycles. The number of benzene rings is 1. The topological polar surface area (TPSA) is 130 Å². The molecule has 118 valence electrons. The average Bonchev–Trinajstić information content (AvgIpc) is 2.38. The number of hydrogen-bond donors (Lipinski definition) is 3. The van der Waals surface area contributed by atoms with E-state index in [4.69, 9.17) is 5.11 Å². The van der Waals surface area contributed by atoms with Gasteiger partial charge in [0.2, 0.25) is 20.0 Å². The molecule has 21 heavy (non-hydrogen) atoms. The molecule has 0 bridgehead atoms. The zero-order valence-electron chi connectivity index (χ0n) is 11.2. The van der Waals surface area contributed by atoms with Gasteiger partial charge >= 0.3 is 5.97 Å². The molecule has 1 rings (SSSR count). The average molecular weight is 336 g/mol. The second-order valence-corrected chi connectivity index (χ2v) is 8.00. The van der Waals surface area contributed by atoms with Crippen molar-refractivity contribution in [2.24, 2.45) is 0 Å². The number of carboxylic acid groups (broad SMARTS) is 1. The SMILES string of the molecule is CCS(=O)(=O)Nc1ccc(NS(=O)(=O)CCC(=O)O)cc1. The predicted molar refractivity (Wildman–Crippen MR) is 79.2 cm³/mol. The molecule has 0 unspecified atom stereocenters. The summed E-state index contributed by atoms with van der Waals surface area (Å²) in [5, 5.41) is 8.45. The van der Waals surface area contributed by atoms with Gasteiger partial charge in [0, 0.05) is 11.4 Å². The van der Waals surface area contributed by atoms with E-state index < -0.39 is 38.2 Å². The van der Waals surface area contributed by atoms with Crippen molar-refractivity contribution in [1.29, 1.82) is 0 Å². The van der Waals surface area contributed by atoms with Gasteiger partial charge in [-0.25, -0.2) is 16.8 Å². The van der Waals surface area contributed by atoms with Crippen LogP contribution in [0.2, 0.25) is 0 Å². The number of sulfonamides is 2. The Morgan fingerprint density at radius 2 is 1.43 bits per heavy atom. The molecule has 10 heteroatoms. The van der Waals surface area contributed by atoms with Gasteiger partial charge in [-0.1, -0.05) is 0 Å². The highest BCUT2D eigenvalue weighted by Gasteiger charge is 2.13. The third kappa shape index (κ3) is 6.45. The van der Waals surface area contributed by atoms with Crippen LogP contribution in [-0.2, 0) is 24.8 Å². The van der Waals surface area contributed by atoms with Crippen molar-refractivity contribution in [2.45, 2.75) is 13.3 Å². The van der Waals surface area contributed by atoms with Crippen molar-refractivity contribution in [2.75, 3.05) is 20.9 Å². The summed E-state index contributed by atoms with van der Waals surface area (Å²) >= 11 is 0. The first-order valence-electron chi connectivity index (χ1n) is 5.96. The lowest BCUT2D eigenvalue weighted by molar-refractivity contribution is -0.136. The van der Waals surface area contributed by atoms with Gasteiger partial charge < -0.3 is 5.11 Å². The highest BCUT2D eigenvalue weighted by molar-refractivity contribution is 7.92. The molecule has 0 amide bonds. The summed E-state index contributed by atoms with van der Waals surface area (Å²) in [5.74, 6) is -1.81. The molecule has 0 fully saturated rings. The molecule has 0 aliphatic carbocycles. The Bertz CT molecular complexity index is 695. The normalized spacial score (nSPS) is 11.9. The zero-order valence-corrected chi connectivity index (χ0v) is 12.9. The largest absolute Gasteiger partial charge is 0.481 e. The maximum absolute atomic E-state index is 11.6. The number of anilines is 2. The van der Waals surface area contributed by atoms with E-state index in [1.165, 1.54) is 31.2 Å². The smallest absolute Gasteiger partial charge is 0.304 e. The van der Waals surface area contributed by atoms with Crippen LogP contribution in [-0.4, -0.2) is 39.4 Å². The number of hydrogen-bond acceptors (Lipinski definition) is 5. The number of carboxylic acids is 1. The van der Waals surface area contributed by atoms with Gasteiger partial charge in [0.1, 0.15) is 0 Å². The first-order valence-corrected chi connectivity index (χ1v) is 9.27. The third-order valence-electron chi connectivity index (χ3n) is 2.40. The van der Waals surface area contributed by atoms with E-state index in [2.05, 4.69) is 9.44 Å². The molecule has 0 aliphatic rings. The quantitative estimate of drug-likeness (QED) is 0.639. The number of nitrogens with one attached hydrogen (secondary N) is 2. The minimum absolute atomic E-state index is 0.0728. The molecule has 0 saturated carbocycles. The zero-order chi connectivity index (χ0) is 16.1. The van der Waals surface area contributed by atoms with Crippen LogP contribution in [0.15, 0.2) is 24.3 Å². The van der Waals surface area contributed by atoms with E-state index in [0.29, 0.717) is 5.69 Å². The molecule has 3 N–H and O–H groups in total. The van der Waals surface area contributed by atoms with Crippen LogP contribution >= 0.6 is 0 Å². The molecule has 0 radical (unpaired) electrons. The van der Waals surface area contributed by atoms with Crippen molar-refractivity contribution in [1.82, 2.24) is 0 Å². The summed E-state index contributed by atoms with van der Waals surface area (Å²) in [5.41, 5.74) is 0.533. The monoisotopic (exact) mass is 336 g/mol. The Labute approximate surface area is 123 Å². The van der Waals surface area contributed by atoms with Crippen molar-refractivity contribution in [3.05, 3.63) is 24.3 Å². The molecule has 0 atom stereocenters. The van der Waals surface area contributed by atoms with Gasteiger partial charge in [-0.3, -0.25) is 14.2 Å². The summed E-state index contributed by atoms with van der Waals surface area (Å²) in [6.45, 7) is 1.49. The lowest BCUT2D eigenvalue weighted by Gasteiger charge is -2.09. The van der Waals surface area contributed by atoms with Crippen molar-refractivity contribution in [3.8, 4) is 0 Å². The summed E-state index contributed by atoms with van der Waals surface area (Å²) in [7, 11) is -7.14. The summed E-state index contributed by atoms with van der Waals surface area (Å²) in [4.78, 5) is 10.3. The maximum atomic E-state index is 11.6. The number of rotatable bonds is 8.